The van der Waals surface area contributed by atoms with Crippen LogP contribution in [0.15, 0.2) is 12.3 Å². The lowest BCUT2D eigenvalue weighted by atomic mass is 9.73. The molecule has 220 valence electrons. The van der Waals surface area contributed by atoms with Crippen molar-refractivity contribution in [3.05, 3.63) is 23.7 Å². The van der Waals surface area contributed by atoms with Gasteiger partial charge in [-0.15, -0.1) is 11.3 Å². The van der Waals surface area contributed by atoms with E-state index in [1.54, 1.807) is 0 Å². The Hall–Kier alpha value is -2.74. The number of hydrogen-bond donors (Lipinski definition) is 4. The number of nitrogens with zero attached hydrogens (tertiary/aromatic N) is 4. The average molecular weight is 601 g/mol. The van der Waals surface area contributed by atoms with Gasteiger partial charge in [0.25, 0.3) is 0 Å². The van der Waals surface area contributed by atoms with E-state index < -0.39 is 39.5 Å². The molecule has 0 aliphatic heterocycles. The highest BCUT2D eigenvalue weighted by atomic mass is 32.2. The summed E-state index contributed by atoms with van der Waals surface area (Å²) in [6, 6.07) is 1.30. The number of Topliss-reactive ketones (excluding diaryl/α,β-unsaturated/α-hetero) is 1. The van der Waals surface area contributed by atoms with Gasteiger partial charge in [0.2, 0.25) is 5.95 Å². The Bertz CT molecular complexity index is 1600. The molecule has 3 fully saturated rings. The van der Waals surface area contributed by atoms with Crippen LogP contribution in [-0.4, -0.2) is 80.1 Å². The zero-order chi connectivity index (χ0) is 29.1. The molecule has 0 amide bonds. The normalized spacial score (nSPS) is 25.7. The number of aromatic nitrogens is 4. The van der Waals surface area contributed by atoms with Crippen LogP contribution in [0.1, 0.15) is 69.2 Å². The zero-order valence-electron chi connectivity index (χ0n) is 23.4. The van der Waals surface area contributed by atoms with Gasteiger partial charge >= 0.3 is 0 Å². The van der Waals surface area contributed by atoms with Crippen LogP contribution in [0.5, 0.6) is 0 Å². The molecule has 3 aromatic rings. The summed E-state index contributed by atoms with van der Waals surface area (Å²) in [7, 11) is -3.35. The van der Waals surface area contributed by atoms with Crippen molar-refractivity contribution < 1.29 is 23.4 Å². The predicted octanol–water partition coefficient (Wildman–Crippen LogP) is 3.21. The monoisotopic (exact) mass is 600 g/mol. The van der Waals surface area contributed by atoms with Crippen molar-refractivity contribution in [2.24, 2.45) is 5.92 Å². The Labute approximate surface area is 243 Å². The number of anilines is 2. The van der Waals surface area contributed by atoms with Crippen molar-refractivity contribution in [1.29, 1.82) is 0 Å². The fraction of sp³-hybridized carbons (Fsp3) is 0.607. The second kappa shape index (κ2) is 10.5. The number of thiazole rings is 1. The van der Waals surface area contributed by atoms with E-state index in [0.717, 1.165) is 41.4 Å². The van der Waals surface area contributed by atoms with Crippen LogP contribution < -0.4 is 10.6 Å². The highest BCUT2D eigenvalue weighted by Crippen LogP contribution is 2.45. The van der Waals surface area contributed by atoms with Gasteiger partial charge in [-0.1, -0.05) is 6.92 Å². The molecule has 3 aliphatic carbocycles. The topological polar surface area (TPSA) is 167 Å². The van der Waals surface area contributed by atoms with E-state index in [-0.39, 0.29) is 18.0 Å². The highest BCUT2D eigenvalue weighted by Gasteiger charge is 2.45. The summed E-state index contributed by atoms with van der Waals surface area (Å²) in [5, 5.41) is 28.9. The number of rotatable bonds is 10. The molecule has 0 saturated heterocycles. The molecule has 41 heavy (non-hydrogen) atoms. The minimum atomic E-state index is -3.35. The molecule has 3 aromatic heterocycles. The lowest BCUT2D eigenvalue weighted by Gasteiger charge is -2.41. The number of ketones is 1. The van der Waals surface area contributed by atoms with Crippen LogP contribution in [0, 0.1) is 12.8 Å². The second-order valence-corrected chi connectivity index (χ2v) is 15.1. The van der Waals surface area contributed by atoms with Crippen molar-refractivity contribution in [3.8, 4) is 10.6 Å². The third-order valence-corrected chi connectivity index (χ3v) is 10.7. The lowest BCUT2D eigenvalue weighted by molar-refractivity contribution is -0.125. The van der Waals surface area contributed by atoms with Gasteiger partial charge in [0.05, 0.1) is 45.1 Å². The molecule has 0 radical (unpaired) electrons. The smallest absolute Gasteiger partial charge is 0.225 e. The molecule has 3 saturated carbocycles. The van der Waals surface area contributed by atoms with Gasteiger partial charge in [0, 0.05) is 30.7 Å². The quantitative estimate of drug-likeness (QED) is 0.270. The Kier molecular flexibility index (Phi) is 7.28. The Balaban J connectivity index is 1.40. The van der Waals surface area contributed by atoms with Crippen molar-refractivity contribution in [2.45, 2.75) is 88.5 Å². The molecule has 0 spiro atoms. The summed E-state index contributed by atoms with van der Waals surface area (Å²) >= 11 is 1.51. The van der Waals surface area contributed by atoms with Crippen molar-refractivity contribution in [3.63, 3.8) is 0 Å². The number of aliphatic hydroxyl groups excluding tert-OH is 2. The molecule has 4 N–H and O–H groups in total. The number of nitrogens with one attached hydrogen (secondary N) is 2. The summed E-state index contributed by atoms with van der Waals surface area (Å²) in [5.41, 5.74) is 2.48. The number of carbonyl (C=O) groups excluding carboxylic acids is 1. The average Bonchev–Trinajstić information content (AvgIpc) is 3.60. The van der Waals surface area contributed by atoms with Crippen molar-refractivity contribution >= 4 is 48.9 Å². The Morgan fingerprint density at radius 2 is 1.93 bits per heavy atom. The fourth-order valence-electron chi connectivity index (χ4n) is 6.18. The first kappa shape index (κ1) is 28.4. The summed E-state index contributed by atoms with van der Waals surface area (Å²) < 4.78 is 24.9. The number of carbonyl (C=O) groups is 1. The van der Waals surface area contributed by atoms with Crippen LogP contribution in [0.3, 0.4) is 0 Å². The van der Waals surface area contributed by atoms with Crippen LogP contribution in [0.25, 0.3) is 20.8 Å². The lowest BCUT2D eigenvalue weighted by Crippen LogP contribution is -2.52. The Morgan fingerprint density at radius 1 is 1.17 bits per heavy atom. The van der Waals surface area contributed by atoms with E-state index in [1.165, 1.54) is 11.3 Å². The van der Waals surface area contributed by atoms with Crippen LogP contribution in [0.2, 0.25) is 0 Å². The molecule has 13 heteroatoms. The minimum Gasteiger partial charge on any atom is -0.390 e. The molecule has 0 aromatic carbocycles. The number of aliphatic hydroxyl groups is 2. The van der Waals surface area contributed by atoms with Crippen LogP contribution in [-0.2, 0) is 14.6 Å². The number of sulfone groups is 1. The van der Waals surface area contributed by atoms with E-state index in [4.69, 9.17) is 15.0 Å². The SMILES string of the molecule is CCC(=O)C1(Nc2nc(C)c(-c3nc4c(C5CC5)nccc4s3)c(N[C@@H]3C[C@H](CS(C)(=O)=O)[C@@H](O)[C@H]3O)n2)CCC1. The minimum absolute atomic E-state index is 0.118. The van der Waals surface area contributed by atoms with E-state index in [0.29, 0.717) is 53.2 Å². The van der Waals surface area contributed by atoms with E-state index >= 15 is 0 Å². The molecule has 0 bridgehead atoms. The first-order valence-corrected chi connectivity index (χ1v) is 17.1. The maximum absolute atomic E-state index is 12.8. The molecule has 6 rings (SSSR count). The highest BCUT2D eigenvalue weighted by molar-refractivity contribution is 7.90. The molecular formula is C28H36N6O5S2. The molecule has 3 aliphatic rings. The second-order valence-electron chi connectivity index (χ2n) is 11.9. The zero-order valence-corrected chi connectivity index (χ0v) is 25.1. The van der Waals surface area contributed by atoms with Gasteiger partial charge in [0.15, 0.2) is 5.78 Å². The summed E-state index contributed by atoms with van der Waals surface area (Å²) in [6.45, 7) is 3.71. The molecule has 3 heterocycles. The van der Waals surface area contributed by atoms with Gasteiger partial charge in [-0.25, -0.2) is 18.4 Å². The van der Waals surface area contributed by atoms with E-state index in [9.17, 15) is 23.4 Å². The summed E-state index contributed by atoms with van der Waals surface area (Å²) in [5.74, 6) is 0.422. The van der Waals surface area contributed by atoms with E-state index in [2.05, 4.69) is 15.6 Å². The number of aryl methyl sites for hydroxylation is 1. The number of pyridine rings is 1. The standard InChI is InChI=1S/C28H36N6O5S2/c1-4-19(35)28(9-5-10-28)34-27-30-14(2)20(26-32-22-18(40-26)8-11-29-21(22)15-6-7-15)25(33-27)31-17-12-16(13-41(3,38)39)23(36)24(17)37/h8,11,15-17,23-24,36-37H,4-7,9-10,12-13H2,1-3H3,(H2,30,31,33,34)/t16-,17-,23-,24+/m1/s1. The summed E-state index contributed by atoms with van der Waals surface area (Å²) in [6.07, 6.45) is 5.77. The molecule has 11 nitrogen and oxygen atoms in total. The van der Waals surface area contributed by atoms with Gasteiger partial charge in [-0.05, 0) is 51.5 Å². The van der Waals surface area contributed by atoms with Crippen molar-refractivity contribution in [2.75, 3.05) is 22.6 Å². The third kappa shape index (κ3) is 5.44. The summed E-state index contributed by atoms with van der Waals surface area (Å²) in [4.78, 5) is 32.0. The molecular weight excluding hydrogens is 564 g/mol. The Morgan fingerprint density at radius 3 is 2.56 bits per heavy atom. The van der Waals surface area contributed by atoms with Crippen LogP contribution >= 0.6 is 11.3 Å². The van der Waals surface area contributed by atoms with Crippen LogP contribution in [0.4, 0.5) is 11.8 Å². The molecule has 0 unspecified atom stereocenters. The van der Waals surface area contributed by atoms with Crippen molar-refractivity contribution in [1.82, 2.24) is 19.9 Å². The van der Waals surface area contributed by atoms with Gasteiger partial charge in [-0.3, -0.25) is 9.78 Å². The number of fused-ring (bicyclic) bond motifs is 1. The predicted molar refractivity (Wildman–Crippen MR) is 158 cm³/mol. The number of hydrogen-bond acceptors (Lipinski definition) is 12. The largest absolute Gasteiger partial charge is 0.390 e. The first-order chi connectivity index (χ1) is 19.5. The fourth-order valence-corrected chi connectivity index (χ4v) is 8.36. The van der Waals surface area contributed by atoms with Gasteiger partial charge < -0.3 is 20.8 Å². The first-order valence-electron chi connectivity index (χ1n) is 14.2. The van der Waals surface area contributed by atoms with Gasteiger partial charge in [0.1, 0.15) is 32.3 Å². The third-order valence-electron chi connectivity index (χ3n) is 8.66. The maximum atomic E-state index is 12.8. The van der Waals surface area contributed by atoms with Gasteiger partial charge in [-0.2, -0.15) is 4.98 Å². The van der Waals surface area contributed by atoms with E-state index in [1.807, 2.05) is 26.1 Å². The molecule has 4 atom stereocenters. The maximum Gasteiger partial charge on any atom is 0.225 e.